The summed E-state index contributed by atoms with van der Waals surface area (Å²) in [6.07, 6.45) is 13.4. The van der Waals surface area contributed by atoms with Crippen LogP contribution in [0.15, 0.2) is 60.4 Å². The van der Waals surface area contributed by atoms with Crippen molar-refractivity contribution in [3.63, 3.8) is 0 Å². The summed E-state index contributed by atoms with van der Waals surface area (Å²) in [5, 5.41) is 4.10. The van der Waals surface area contributed by atoms with Crippen molar-refractivity contribution in [1.29, 1.82) is 0 Å². The van der Waals surface area contributed by atoms with E-state index in [1.807, 2.05) is 25.2 Å². The number of quaternary nitrogens is 1. The molecule has 0 bridgehead atoms. The maximum atomic E-state index is 5.61. The van der Waals surface area contributed by atoms with Gasteiger partial charge in [0.15, 0.2) is 5.11 Å². The Balaban J connectivity index is 2.57. The van der Waals surface area contributed by atoms with Crippen molar-refractivity contribution >= 4 is 17.3 Å². The van der Waals surface area contributed by atoms with Crippen LogP contribution in [0, 0.1) is 0 Å². The molecule has 0 aromatic rings. The molecule has 1 rings (SSSR count). The highest BCUT2D eigenvalue weighted by Gasteiger charge is 2.30. The van der Waals surface area contributed by atoms with Crippen molar-refractivity contribution in [1.82, 2.24) is 10.2 Å². The molecular formula is C23H38N3S+. The quantitative estimate of drug-likeness (QED) is 0.260. The van der Waals surface area contributed by atoms with Gasteiger partial charge in [0.2, 0.25) is 0 Å². The van der Waals surface area contributed by atoms with E-state index in [-0.39, 0.29) is 0 Å². The van der Waals surface area contributed by atoms with E-state index < -0.39 is 0 Å². The summed E-state index contributed by atoms with van der Waals surface area (Å²) < 4.78 is 1.08. The standard InChI is InChI=1S/C23H37N3S/c1-7-11-12-22(10-4)24-23(27)25-15-17-26(6,18-16-25)19-21(9-3)14-13-20(5)8-2/h7,9-12H,4-5,8,13-19H2,1-3,6H3/p+1/b11-7-,21-9+,22-12+. The first-order valence-corrected chi connectivity index (χ1v) is 10.4. The Morgan fingerprint density at radius 2 is 1.89 bits per heavy atom. The van der Waals surface area contributed by atoms with Crippen LogP contribution in [0.25, 0.3) is 0 Å². The second-order valence-electron chi connectivity index (χ2n) is 7.54. The van der Waals surface area contributed by atoms with E-state index in [1.165, 1.54) is 5.57 Å². The lowest BCUT2D eigenvalue weighted by Crippen LogP contribution is -2.60. The van der Waals surface area contributed by atoms with Gasteiger partial charge in [-0.15, -0.1) is 0 Å². The van der Waals surface area contributed by atoms with E-state index >= 15 is 0 Å². The minimum atomic E-state index is 0.794. The maximum absolute atomic E-state index is 5.61. The largest absolute Gasteiger partial charge is 0.338 e. The Kier molecular flexibility index (Phi) is 10.3. The smallest absolute Gasteiger partial charge is 0.173 e. The lowest BCUT2D eigenvalue weighted by Gasteiger charge is -2.43. The number of rotatable bonds is 9. The SMILES string of the molecule is C=C/C(=C\C=C/C)NC(=S)N1CC[N+](C)(C/C(=C/C)CCC(=C)CC)CC1. The van der Waals surface area contributed by atoms with E-state index in [0.29, 0.717) is 0 Å². The fourth-order valence-electron chi connectivity index (χ4n) is 3.19. The number of piperazine rings is 1. The van der Waals surface area contributed by atoms with E-state index in [9.17, 15) is 0 Å². The third-order valence-corrected chi connectivity index (χ3v) is 5.70. The Labute approximate surface area is 172 Å². The summed E-state index contributed by atoms with van der Waals surface area (Å²) in [5.41, 5.74) is 3.83. The first-order valence-electron chi connectivity index (χ1n) is 10.0. The van der Waals surface area contributed by atoms with Gasteiger partial charge in [0.25, 0.3) is 0 Å². The van der Waals surface area contributed by atoms with Crippen LogP contribution < -0.4 is 5.32 Å². The molecule has 0 aliphatic carbocycles. The molecule has 0 radical (unpaired) electrons. The van der Waals surface area contributed by atoms with Crippen LogP contribution in [0.5, 0.6) is 0 Å². The average molecular weight is 389 g/mol. The Morgan fingerprint density at radius 1 is 1.22 bits per heavy atom. The zero-order chi connectivity index (χ0) is 20.3. The number of nitrogens with one attached hydrogen (secondary N) is 1. The molecule has 4 heteroatoms. The number of hydrogen-bond acceptors (Lipinski definition) is 1. The summed E-state index contributed by atoms with van der Waals surface area (Å²) in [5.74, 6) is 0. The molecule has 27 heavy (non-hydrogen) atoms. The highest BCUT2D eigenvalue weighted by Crippen LogP contribution is 2.19. The molecule has 0 aromatic carbocycles. The third-order valence-electron chi connectivity index (χ3n) is 5.34. The van der Waals surface area contributed by atoms with Crippen LogP contribution in [-0.4, -0.2) is 54.3 Å². The van der Waals surface area contributed by atoms with Crippen molar-refractivity contribution in [2.75, 3.05) is 39.8 Å². The molecule has 0 unspecified atom stereocenters. The Bertz CT molecular complexity index is 605. The van der Waals surface area contributed by atoms with Gasteiger partial charge >= 0.3 is 0 Å². The van der Waals surface area contributed by atoms with E-state index in [0.717, 1.165) is 67.3 Å². The fraction of sp³-hybridized carbons (Fsp3) is 0.522. The molecule has 0 atom stereocenters. The van der Waals surface area contributed by atoms with Gasteiger partial charge in [0.05, 0.1) is 33.2 Å². The summed E-state index contributed by atoms with van der Waals surface area (Å²) in [6, 6.07) is 0. The van der Waals surface area contributed by atoms with Gasteiger partial charge in [-0.25, -0.2) is 0 Å². The summed E-state index contributed by atoms with van der Waals surface area (Å²) >= 11 is 5.61. The molecular weight excluding hydrogens is 350 g/mol. The van der Waals surface area contributed by atoms with Gasteiger partial charge in [-0.2, -0.15) is 0 Å². The van der Waals surface area contributed by atoms with Crippen molar-refractivity contribution in [3.8, 4) is 0 Å². The monoisotopic (exact) mass is 388 g/mol. The van der Waals surface area contributed by atoms with Gasteiger partial charge in [0, 0.05) is 5.70 Å². The number of thiocarbonyl (C=S) groups is 1. The van der Waals surface area contributed by atoms with E-state index in [1.54, 1.807) is 11.6 Å². The average Bonchev–Trinajstić information content (AvgIpc) is 2.68. The lowest BCUT2D eigenvalue weighted by molar-refractivity contribution is -0.908. The number of likely N-dealkylation sites (N-methyl/N-ethyl adjacent to an activating group) is 1. The first kappa shape index (κ1) is 23.4. The zero-order valence-electron chi connectivity index (χ0n) is 17.8. The van der Waals surface area contributed by atoms with Gasteiger partial charge in [0.1, 0.15) is 6.54 Å². The molecule has 0 amide bonds. The van der Waals surface area contributed by atoms with Crippen molar-refractivity contribution in [2.24, 2.45) is 0 Å². The van der Waals surface area contributed by atoms with Crippen LogP contribution >= 0.6 is 12.2 Å². The maximum Gasteiger partial charge on any atom is 0.173 e. The van der Waals surface area contributed by atoms with Crippen LogP contribution in [0.3, 0.4) is 0 Å². The van der Waals surface area contributed by atoms with Crippen molar-refractivity contribution in [3.05, 3.63) is 60.4 Å². The Morgan fingerprint density at radius 3 is 2.41 bits per heavy atom. The molecule has 0 aromatic heterocycles. The van der Waals surface area contributed by atoms with Crippen LogP contribution in [0.1, 0.15) is 40.0 Å². The van der Waals surface area contributed by atoms with Gasteiger partial charge in [-0.3, -0.25) is 0 Å². The minimum absolute atomic E-state index is 0.794. The fourth-order valence-corrected chi connectivity index (χ4v) is 3.49. The van der Waals surface area contributed by atoms with E-state index in [4.69, 9.17) is 12.2 Å². The molecule has 3 nitrogen and oxygen atoms in total. The Hall–Kier alpha value is -1.65. The second-order valence-corrected chi connectivity index (χ2v) is 7.93. The molecule has 1 aliphatic rings. The molecule has 150 valence electrons. The van der Waals surface area contributed by atoms with Crippen molar-refractivity contribution in [2.45, 2.75) is 40.0 Å². The predicted octanol–water partition coefficient (Wildman–Crippen LogP) is 4.96. The predicted molar refractivity (Wildman–Crippen MR) is 124 cm³/mol. The van der Waals surface area contributed by atoms with Crippen LogP contribution in [-0.2, 0) is 0 Å². The molecule has 1 saturated heterocycles. The summed E-state index contributed by atoms with van der Waals surface area (Å²) in [7, 11) is 2.37. The first-order chi connectivity index (χ1) is 12.9. The summed E-state index contributed by atoms with van der Waals surface area (Å²) in [4.78, 5) is 2.27. The molecule has 1 heterocycles. The molecule has 0 spiro atoms. The molecule has 1 aliphatic heterocycles. The van der Waals surface area contributed by atoms with Gasteiger partial charge in [-0.1, -0.05) is 43.9 Å². The zero-order valence-corrected chi connectivity index (χ0v) is 18.6. The molecule has 0 saturated carbocycles. The van der Waals surface area contributed by atoms with E-state index in [2.05, 4.69) is 50.3 Å². The van der Waals surface area contributed by atoms with Crippen LogP contribution in [0.4, 0.5) is 0 Å². The van der Waals surface area contributed by atoms with Gasteiger partial charge < -0.3 is 14.7 Å². The van der Waals surface area contributed by atoms with Crippen molar-refractivity contribution < 1.29 is 4.48 Å². The summed E-state index contributed by atoms with van der Waals surface area (Å²) in [6.45, 7) is 19.7. The van der Waals surface area contributed by atoms with Crippen LogP contribution in [0.2, 0.25) is 0 Å². The molecule has 1 N–H and O–H groups in total. The highest BCUT2D eigenvalue weighted by atomic mass is 32.1. The normalized spacial score (nSPS) is 17.9. The van der Waals surface area contributed by atoms with Gasteiger partial charge in [-0.05, 0) is 63.1 Å². The lowest BCUT2D eigenvalue weighted by atomic mass is 10.0. The molecule has 1 fully saturated rings. The number of nitrogens with zero attached hydrogens (tertiary/aromatic N) is 2. The third kappa shape index (κ3) is 8.27. The highest BCUT2D eigenvalue weighted by molar-refractivity contribution is 7.80. The second kappa shape index (κ2) is 11.9. The number of hydrogen-bond donors (Lipinski definition) is 1. The minimum Gasteiger partial charge on any atom is -0.338 e. The topological polar surface area (TPSA) is 15.3 Å². The number of allylic oxidation sites excluding steroid dienone is 6.